The Morgan fingerprint density at radius 2 is 2.10 bits per heavy atom. The number of fused-ring (bicyclic) bond motifs is 1. The van der Waals surface area contributed by atoms with Crippen molar-refractivity contribution in [2.45, 2.75) is 44.4 Å². The lowest BCUT2D eigenvalue weighted by atomic mass is 9.98. The van der Waals surface area contributed by atoms with Crippen LogP contribution < -0.4 is 4.90 Å². The number of likely N-dealkylation sites (N-methyl/N-ethyl adjacent to an activating group) is 1. The number of aryl methyl sites for hydroxylation is 1. The van der Waals surface area contributed by atoms with Gasteiger partial charge in [-0.3, -0.25) is 4.79 Å². The van der Waals surface area contributed by atoms with Crippen molar-refractivity contribution < 1.29 is 9.53 Å². The summed E-state index contributed by atoms with van der Waals surface area (Å²) in [5.41, 5.74) is 0.922. The Bertz CT molecular complexity index is 517. The van der Waals surface area contributed by atoms with Gasteiger partial charge in [-0.2, -0.15) is 5.10 Å². The van der Waals surface area contributed by atoms with Gasteiger partial charge < -0.3 is 14.5 Å². The first-order chi connectivity index (χ1) is 10.1. The zero-order chi connectivity index (χ0) is 15.0. The third-order valence-corrected chi connectivity index (χ3v) is 4.34. The van der Waals surface area contributed by atoms with E-state index in [1.54, 1.807) is 19.0 Å². The lowest BCUT2D eigenvalue weighted by Gasteiger charge is -2.36. The summed E-state index contributed by atoms with van der Waals surface area (Å²) in [6, 6.07) is 4.31. The average Bonchev–Trinajstić information content (AvgIpc) is 2.90. The van der Waals surface area contributed by atoms with Gasteiger partial charge in [0.25, 0.3) is 5.91 Å². The molecule has 21 heavy (non-hydrogen) atoms. The number of anilines is 1. The number of hydrogen-bond acceptors (Lipinski definition) is 5. The van der Waals surface area contributed by atoms with Gasteiger partial charge in [0, 0.05) is 20.6 Å². The molecule has 0 N–H and O–H groups in total. The summed E-state index contributed by atoms with van der Waals surface area (Å²) < 4.78 is 6.03. The van der Waals surface area contributed by atoms with Crippen LogP contribution in [0, 0.1) is 6.92 Å². The molecule has 6 heteroatoms. The number of nitrogens with zero attached hydrogens (tertiary/aromatic N) is 4. The van der Waals surface area contributed by atoms with Crippen molar-refractivity contribution in [2.75, 3.05) is 25.5 Å². The van der Waals surface area contributed by atoms with Crippen LogP contribution in [-0.2, 0) is 9.53 Å². The van der Waals surface area contributed by atoms with Crippen LogP contribution in [0.4, 0.5) is 5.82 Å². The summed E-state index contributed by atoms with van der Waals surface area (Å²) in [6.45, 7) is 2.85. The van der Waals surface area contributed by atoms with Gasteiger partial charge in [0.1, 0.15) is 6.10 Å². The standard InChI is InChI=1S/C15H22N4O2/c1-10-4-7-14(17-16-10)19-9-8-12-11(19)5-6-13(21-12)15(20)18(2)3/h4,7,11-13H,5-6,8-9H2,1-3H3/t11-,12-,13-/m1/s1. The Morgan fingerprint density at radius 1 is 1.29 bits per heavy atom. The molecule has 0 unspecified atom stereocenters. The van der Waals surface area contributed by atoms with E-state index in [-0.39, 0.29) is 18.1 Å². The maximum Gasteiger partial charge on any atom is 0.251 e. The monoisotopic (exact) mass is 290 g/mol. The predicted molar refractivity (Wildman–Crippen MR) is 79.1 cm³/mol. The van der Waals surface area contributed by atoms with E-state index in [9.17, 15) is 4.79 Å². The maximum absolute atomic E-state index is 12.0. The molecule has 0 bridgehead atoms. The number of carbonyl (C=O) groups is 1. The van der Waals surface area contributed by atoms with Gasteiger partial charge in [-0.05, 0) is 38.3 Å². The molecule has 2 aliphatic rings. The summed E-state index contributed by atoms with van der Waals surface area (Å²) in [6.07, 6.45) is 2.51. The number of amides is 1. The number of ether oxygens (including phenoxy) is 1. The molecule has 3 atom stereocenters. The molecular weight excluding hydrogens is 268 g/mol. The highest BCUT2D eigenvalue weighted by atomic mass is 16.5. The van der Waals surface area contributed by atoms with Crippen LogP contribution in [0.15, 0.2) is 12.1 Å². The first-order valence-electron chi connectivity index (χ1n) is 7.50. The molecule has 1 aromatic rings. The molecule has 2 saturated heterocycles. The van der Waals surface area contributed by atoms with E-state index in [0.717, 1.165) is 37.3 Å². The summed E-state index contributed by atoms with van der Waals surface area (Å²) >= 11 is 0. The van der Waals surface area contributed by atoms with Crippen molar-refractivity contribution >= 4 is 11.7 Å². The molecule has 0 spiro atoms. The second-order valence-corrected chi connectivity index (χ2v) is 6.06. The van der Waals surface area contributed by atoms with Crippen LogP contribution in [0.2, 0.25) is 0 Å². The Morgan fingerprint density at radius 3 is 2.76 bits per heavy atom. The molecule has 0 saturated carbocycles. The van der Waals surface area contributed by atoms with Crippen LogP contribution in [-0.4, -0.2) is 59.9 Å². The second kappa shape index (κ2) is 5.60. The highest BCUT2D eigenvalue weighted by Gasteiger charge is 2.42. The van der Waals surface area contributed by atoms with Gasteiger partial charge in [0.05, 0.1) is 17.8 Å². The fourth-order valence-corrected chi connectivity index (χ4v) is 3.23. The summed E-state index contributed by atoms with van der Waals surface area (Å²) in [4.78, 5) is 15.9. The molecular formula is C15H22N4O2. The minimum absolute atomic E-state index is 0.0713. The molecule has 3 heterocycles. The highest BCUT2D eigenvalue weighted by molar-refractivity contribution is 5.80. The lowest BCUT2D eigenvalue weighted by Crippen LogP contribution is -2.47. The van der Waals surface area contributed by atoms with Gasteiger partial charge in [-0.1, -0.05) is 0 Å². The van der Waals surface area contributed by atoms with Crippen molar-refractivity contribution in [3.63, 3.8) is 0 Å². The van der Waals surface area contributed by atoms with Crippen molar-refractivity contribution in [2.24, 2.45) is 0 Å². The summed E-state index contributed by atoms with van der Waals surface area (Å²) in [7, 11) is 3.56. The van der Waals surface area contributed by atoms with Gasteiger partial charge >= 0.3 is 0 Å². The predicted octanol–water partition coefficient (Wildman–Crippen LogP) is 1.000. The van der Waals surface area contributed by atoms with E-state index in [1.807, 2.05) is 19.1 Å². The zero-order valence-electron chi connectivity index (χ0n) is 12.8. The molecule has 3 rings (SSSR count). The van der Waals surface area contributed by atoms with Crippen molar-refractivity contribution in [3.8, 4) is 0 Å². The fourth-order valence-electron chi connectivity index (χ4n) is 3.23. The minimum Gasteiger partial charge on any atom is -0.363 e. The molecule has 6 nitrogen and oxygen atoms in total. The van der Waals surface area contributed by atoms with E-state index in [2.05, 4.69) is 15.1 Å². The molecule has 0 aromatic carbocycles. The van der Waals surface area contributed by atoms with E-state index in [0.29, 0.717) is 6.04 Å². The van der Waals surface area contributed by atoms with E-state index in [1.165, 1.54) is 0 Å². The zero-order valence-corrected chi connectivity index (χ0v) is 12.8. The van der Waals surface area contributed by atoms with Crippen LogP contribution in [0.3, 0.4) is 0 Å². The van der Waals surface area contributed by atoms with Crippen molar-refractivity contribution in [1.82, 2.24) is 15.1 Å². The van der Waals surface area contributed by atoms with Gasteiger partial charge in [-0.15, -0.1) is 5.10 Å². The van der Waals surface area contributed by atoms with Gasteiger partial charge in [0.2, 0.25) is 0 Å². The van der Waals surface area contributed by atoms with Crippen LogP contribution >= 0.6 is 0 Å². The molecule has 0 aliphatic carbocycles. The maximum atomic E-state index is 12.0. The van der Waals surface area contributed by atoms with Gasteiger partial charge in [0.15, 0.2) is 5.82 Å². The quantitative estimate of drug-likeness (QED) is 0.813. The smallest absolute Gasteiger partial charge is 0.251 e. The Kier molecular flexibility index (Phi) is 3.80. The lowest BCUT2D eigenvalue weighted by molar-refractivity contribution is -0.149. The van der Waals surface area contributed by atoms with E-state index < -0.39 is 0 Å². The van der Waals surface area contributed by atoms with Crippen LogP contribution in [0.25, 0.3) is 0 Å². The summed E-state index contributed by atoms with van der Waals surface area (Å²) in [5, 5.41) is 8.41. The van der Waals surface area contributed by atoms with Crippen LogP contribution in [0.5, 0.6) is 0 Å². The Balaban J connectivity index is 1.69. The molecule has 2 fully saturated rings. The number of rotatable bonds is 2. The molecule has 2 aliphatic heterocycles. The molecule has 1 aromatic heterocycles. The largest absolute Gasteiger partial charge is 0.363 e. The van der Waals surface area contributed by atoms with Gasteiger partial charge in [-0.25, -0.2) is 0 Å². The first-order valence-corrected chi connectivity index (χ1v) is 7.50. The molecule has 114 valence electrons. The van der Waals surface area contributed by atoms with Crippen LogP contribution in [0.1, 0.15) is 25.0 Å². The van der Waals surface area contributed by atoms with Crippen molar-refractivity contribution in [1.29, 1.82) is 0 Å². The van der Waals surface area contributed by atoms with E-state index >= 15 is 0 Å². The highest BCUT2D eigenvalue weighted by Crippen LogP contribution is 2.34. The molecule has 1 amide bonds. The Labute approximate surface area is 125 Å². The number of hydrogen-bond donors (Lipinski definition) is 0. The summed E-state index contributed by atoms with van der Waals surface area (Å²) in [5.74, 6) is 0.983. The molecule has 0 radical (unpaired) electrons. The number of carbonyl (C=O) groups excluding carboxylic acids is 1. The minimum atomic E-state index is -0.287. The number of aromatic nitrogens is 2. The third-order valence-electron chi connectivity index (χ3n) is 4.34. The second-order valence-electron chi connectivity index (χ2n) is 6.06. The SMILES string of the molecule is Cc1ccc(N2CC[C@H]3O[C@@H](C(=O)N(C)C)CC[C@H]32)nn1. The first kappa shape index (κ1) is 14.3. The normalized spacial score (nSPS) is 28.3. The topological polar surface area (TPSA) is 58.6 Å². The van der Waals surface area contributed by atoms with Crippen molar-refractivity contribution in [3.05, 3.63) is 17.8 Å². The third kappa shape index (κ3) is 2.72. The van der Waals surface area contributed by atoms with E-state index in [4.69, 9.17) is 4.74 Å². The fraction of sp³-hybridized carbons (Fsp3) is 0.667. The average molecular weight is 290 g/mol. The Hall–Kier alpha value is -1.69.